The molecule has 0 aliphatic heterocycles. The van der Waals surface area contributed by atoms with Crippen molar-refractivity contribution in [1.29, 1.82) is 0 Å². The first-order valence-corrected chi connectivity index (χ1v) is 9.07. The summed E-state index contributed by atoms with van der Waals surface area (Å²) in [6.45, 7) is 1.58. The first-order valence-electron chi connectivity index (χ1n) is 8.69. The third kappa shape index (κ3) is 3.12. The highest BCUT2D eigenvalue weighted by Gasteiger charge is 2.27. The zero-order chi connectivity index (χ0) is 19.1. The van der Waals surface area contributed by atoms with Crippen LogP contribution in [0.4, 0.5) is 4.39 Å². The molecule has 1 aromatic heterocycles. The van der Waals surface area contributed by atoms with Crippen molar-refractivity contribution in [3.8, 4) is 16.9 Å². The van der Waals surface area contributed by atoms with E-state index in [2.05, 4.69) is 0 Å². The summed E-state index contributed by atoms with van der Waals surface area (Å²) in [6.07, 6.45) is 2.72. The number of hydrogen-bond donors (Lipinski definition) is 0. The zero-order valence-corrected chi connectivity index (χ0v) is 15.3. The lowest BCUT2D eigenvalue weighted by molar-refractivity contribution is -0.141. The van der Waals surface area contributed by atoms with Gasteiger partial charge in [-0.3, -0.25) is 9.59 Å². The van der Waals surface area contributed by atoms with Crippen LogP contribution in [0.15, 0.2) is 45.6 Å². The van der Waals surface area contributed by atoms with Gasteiger partial charge in [0.25, 0.3) is 0 Å². The van der Waals surface area contributed by atoms with Crippen LogP contribution < -0.4 is 10.2 Å². The summed E-state index contributed by atoms with van der Waals surface area (Å²) < 4.78 is 25.4. The van der Waals surface area contributed by atoms with Crippen LogP contribution in [0.5, 0.6) is 5.75 Å². The second-order valence-corrected chi connectivity index (χ2v) is 7.07. The highest BCUT2D eigenvalue weighted by Crippen LogP contribution is 2.33. The summed E-state index contributed by atoms with van der Waals surface area (Å²) in [5, 5.41) is 0.397. The van der Waals surface area contributed by atoms with E-state index in [1.165, 1.54) is 36.4 Å². The molecule has 6 heteroatoms. The molecule has 0 atom stereocenters. The van der Waals surface area contributed by atoms with Crippen LogP contribution in [0, 0.1) is 18.7 Å². The fourth-order valence-electron chi connectivity index (χ4n) is 3.22. The van der Waals surface area contributed by atoms with Gasteiger partial charge in [0.05, 0.1) is 21.9 Å². The predicted molar refractivity (Wildman–Crippen MR) is 101 cm³/mol. The third-order valence-corrected chi connectivity index (χ3v) is 5.22. The molecule has 1 aliphatic carbocycles. The van der Waals surface area contributed by atoms with Crippen molar-refractivity contribution in [2.24, 2.45) is 5.92 Å². The molecule has 138 valence electrons. The molecule has 0 radical (unpaired) electrons. The summed E-state index contributed by atoms with van der Waals surface area (Å²) in [4.78, 5) is 25.0. The van der Waals surface area contributed by atoms with Crippen LogP contribution in [0.2, 0.25) is 5.02 Å². The highest BCUT2D eigenvalue weighted by molar-refractivity contribution is 6.33. The SMILES string of the molecule is Cc1oc2cc(OC(=O)C3CCC3)ccc2c(=O)c1-c1c(F)cccc1Cl. The van der Waals surface area contributed by atoms with E-state index in [9.17, 15) is 14.0 Å². The average Bonchev–Trinajstić information content (AvgIpc) is 2.55. The third-order valence-electron chi connectivity index (χ3n) is 4.91. The Bertz CT molecular complexity index is 1090. The fraction of sp³-hybridized carbons (Fsp3) is 0.238. The van der Waals surface area contributed by atoms with Crippen molar-refractivity contribution in [3.05, 3.63) is 63.2 Å². The molecule has 4 rings (SSSR count). The van der Waals surface area contributed by atoms with Crippen molar-refractivity contribution >= 4 is 28.5 Å². The summed E-state index contributed by atoms with van der Waals surface area (Å²) in [5.74, 6) is -0.363. The van der Waals surface area contributed by atoms with E-state index in [0.717, 1.165) is 19.3 Å². The summed E-state index contributed by atoms with van der Waals surface area (Å²) in [5.41, 5.74) is -0.0112. The quantitative estimate of drug-likeness (QED) is 0.454. The van der Waals surface area contributed by atoms with Gasteiger partial charge in [-0.25, -0.2) is 4.39 Å². The molecule has 0 saturated heterocycles. The molecule has 0 amide bonds. The van der Waals surface area contributed by atoms with E-state index >= 15 is 0 Å². The lowest BCUT2D eigenvalue weighted by Crippen LogP contribution is -2.26. The molecule has 1 fully saturated rings. The molecule has 0 bridgehead atoms. The van der Waals surface area contributed by atoms with E-state index in [4.69, 9.17) is 20.8 Å². The van der Waals surface area contributed by atoms with Gasteiger partial charge in [0.15, 0.2) is 0 Å². The number of hydrogen-bond acceptors (Lipinski definition) is 4. The number of ether oxygens (including phenoxy) is 1. The molecule has 1 heterocycles. The Morgan fingerprint density at radius 1 is 1.22 bits per heavy atom. The van der Waals surface area contributed by atoms with Gasteiger partial charge in [0, 0.05) is 11.6 Å². The van der Waals surface area contributed by atoms with Crippen LogP contribution in [-0.4, -0.2) is 5.97 Å². The normalized spacial score (nSPS) is 14.2. The summed E-state index contributed by atoms with van der Waals surface area (Å²) in [6, 6.07) is 8.80. The Labute approximate surface area is 159 Å². The maximum Gasteiger partial charge on any atom is 0.314 e. The fourth-order valence-corrected chi connectivity index (χ4v) is 3.48. The molecular formula is C21H16ClFO4. The predicted octanol–water partition coefficient (Wildman–Crippen LogP) is 5.27. The Hall–Kier alpha value is -2.66. The Balaban J connectivity index is 1.80. The van der Waals surface area contributed by atoms with Crippen LogP contribution >= 0.6 is 11.6 Å². The van der Waals surface area contributed by atoms with Crippen LogP contribution in [0.3, 0.4) is 0 Å². The lowest BCUT2D eigenvalue weighted by atomic mass is 9.86. The van der Waals surface area contributed by atoms with Gasteiger partial charge in [-0.1, -0.05) is 24.1 Å². The van der Waals surface area contributed by atoms with Crippen LogP contribution in [-0.2, 0) is 4.79 Å². The first-order chi connectivity index (χ1) is 13.0. The van der Waals surface area contributed by atoms with E-state index in [0.29, 0.717) is 5.75 Å². The van der Waals surface area contributed by atoms with E-state index in [1.54, 1.807) is 6.92 Å². The van der Waals surface area contributed by atoms with Gasteiger partial charge in [-0.2, -0.15) is 0 Å². The van der Waals surface area contributed by atoms with Crippen molar-refractivity contribution in [2.75, 3.05) is 0 Å². The molecule has 2 aromatic carbocycles. The number of aryl methyl sites for hydroxylation is 1. The van der Waals surface area contributed by atoms with Gasteiger partial charge in [0.1, 0.15) is 22.9 Å². The summed E-state index contributed by atoms with van der Waals surface area (Å²) in [7, 11) is 0. The van der Waals surface area contributed by atoms with Gasteiger partial charge in [-0.05, 0) is 44.0 Å². The van der Waals surface area contributed by atoms with E-state index in [1.807, 2.05) is 0 Å². The minimum atomic E-state index is -0.594. The lowest BCUT2D eigenvalue weighted by Gasteiger charge is -2.22. The molecule has 0 spiro atoms. The molecular weight excluding hydrogens is 371 g/mol. The van der Waals surface area contributed by atoms with Crippen molar-refractivity contribution in [3.63, 3.8) is 0 Å². The van der Waals surface area contributed by atoms with E-state index < -0.39 is 11.2 Å². The number of fused-ring (bicyclic) bond motifs is 1. The Morgan fingerprint density at radius 2 is 2.00 bits per heavy atom. The summed E-state index contributed by atoms with van der Waals surface area (Å²) >= 11 is 6.11. The van der Waals surface area contributed by atoms with Crippen molar-refractivity contribution in [2.45, 2.75) is 26.2 Å². The van der Waals surface area contributed by atoms with Gasteiger partial charge in [0.2, 0.25) is 5.43 Å². The van der Waals surface area contributed by atoms with Gasteiger partial charge in [-0.15, -0.1) is 0 Å². The number of esters is 1. The number of benzene rings is 2. The largest absolute Gasteiger partial charge is 0.460 e. The second kappa shape index (κ2) is 6.82. The number of carbonyl (C=O) groups excluding carboxylic acids is 1. The van der Waals surface area contributed by atoms with Crippen molar-refractivity contribution in [1.82, 2.24) is 0 Å². The maximum atomic E-state index is 14.3. The Morgan fingerprint density at radius 3 is 2.67 bits per heavy atom. The molecule has 1 saturated carbocycles. The maximum absolute atomic E-state index is 14.3. The smallest absolute Gasteiger partial charge is 0.314 e. The van der Waals surface area contributed by atoms with Gasteiger partial charge < -0.3 is 9.15 Å². The number of halogens is 2. The highest BCUT2D eigenvalue weighted by atomic mass is 35.5. The van der Waals surface area contributed by atoms with Gasteiger partial charge >= 0.3 is 5.97 Å². The molecule has 0 unspecified atom stereocenters. The number of rotatable bonds is 3. The number of carbonyl (C=O) groups is 1. The standard InChI is InChI=1S/C21H16ClFO4/c1-11-18(19-15(22)6-3-7-16(19)23)20(24)14-9-8-13(10-17(14)26-11)27-21(25)12-4-2-5-12/h3,6-10,12H,2,4-5H2,1H3. The van der Waals surface area contributed by atoms with Crippen LogP contribution in [0.25, 0.3) is 22.1 Å². The average molecular weight is 387 g/mol. The van der Waals surface area contributed by atoms with E-state index in [-0.39, 0.29) is 44.8 Å². The molecule has 3 aromatic rings. The molecule has 27 heavy (non-hydrogen) atoms. The van der Waals surface area contributed by atoms with Crippen molar-refractivity contribution < 1.29 is 18.3 Å². The minimum Gasteiger partial charge on any atom is -0.460 e. The molecule has 4 nitrogen and oxygen atoms in total. The molecule has 0 N–H and O–H groups in total. The first kappa shape index (κ1) is 17.7. The minimum absolute atomic E-state index is 0.0211. The Kier molecular flexibility index (Phi) is 4.48. The topological polar surface area (TPSA) is 56.5 Å². The monoisotopic (exact) mass is 386 g/mol. The van der Waals surface area contributed by atoms with Crippen LogP contribution in [0.1, 0.15) is 25.0 Å². The zero-order valence-electron chi connectivity index (χ0n) is 14.6. The second-order valence-electron chi connectivity index (χ2n) is 6.67. The molecule has 1 aliphatic rings.